The molecular weight excluding hydrogens is 1030 g/mol. The molecule has 0 aliphatic rings. The largest absolute Gasteiger partial charge is 0.309 e. The highest BCUT2D eigenvalue weighted by Gasteiger charge is 2.22. The molecule has 0 unspecified atom stereocenters. The van der Waals surface area contributed by atoms with Gasteiger partial charge in [-0.05, 0) is 138 Å². The zero-order valence-electron chi connectivity index (χ0n) is 46.7. The van der Waals surface area contributed by atoms with Crippen LogP contribution >= 0.6 is 0 Å². The predicted molar refractivity (Wildman–Crippen MR) is 361 cm³/mol. The summed E-state index contributed by atoms with van der Waals surface area (Å²) in [5.74, 6) is 0. The Morgan fingerprint density at radius 1 is 0.271 bits per heavy atom. The summed E-state index contributed by atoms with van der Waals surface area (Å²) in [5.41, 5.74) is 20.7. The van der Waals surface area contributed by atoms with Crippen LogP contribution in [-0.4, -0.2) is 27.7 Å². The Kier molecular flexibility index (Phi) is 12.4. The lowest BCUT2D eigenvalue weighted by atomic mass is 9.94. The van der Waals surface area contributed by atoms with Gasteiger partial charge in [0.25, 0.3) is 0 Å². The molecule has 0 N–H and O–H groups in total. The lowest BCUT2D eigenvalue weighted by Crippen LogP contribution is -2.01. The molecule has 11 aromatic carbocycles. The molecule has 6 heterocycles. The van der Waals surface area contributed by atoms with Crippen LogP contribution in [0.3, 0.4) is 0 Å². The fourth-order valence-electron chi connectivity index (χ4n) is 13.0. The van der Waals surface area contributed by atoms with E-state index in [1.54, 1.807) is 12.2 Å². The Bertz CT molecular complexity index is 4670. The molecule has 17 aromatic rings. The summed E-state index contributed by atoms with van der Waals surface area (Å²) in [6, 6.07) is 98.0. The van der Waals surface area contributed by atoms with Gasteiger partial charge in [-0.25, -0.2) is 4.98 Å². The van der Waals surface area contributed by atoms with Crippen LogP contribution < -0.4 is 0 Å². The number of fused-ring (bicyclic) bond motifs is 13. The molecule has 6 aromatic heterocycles. The Hall–Kier alpha value is -11.5. The van der Waals surface area contributed by atoms with Crippen molar-refractivity contribution in [1.29, 1.82) is 0 Å². The first-order chi connectivity index (χ1) is 42.1. The van der Waals surface area contributed by atoms with Crippen LogP contribution in [0.2, 0.25) is 0 Å². The molecule has 0 amide bonds. The molecule has 0 saturated heterocycles. The van der Waals surface area contributed by atoms with Crippen LogP contribution in [0, 0.1) is 0 Å². The van der Waals surface area contributed by atoms with Crippen molar-refractivity contribution >= 4 is 92.9 Å². The average Bonchev–Trinajstić information content (AvgIpc) is 3.29. The van der Waals surface area contributed by atoms with E-state index < -0.39 is 0 Å². The minimum atomic E-state index is 0.897. The molecule has 402 valence electrons. The van der Waals surface area contributed by atoms with Crippen LogP contribution in [-0.2, 0) is 0 Å². The van der Waals surface area contributed by atoms with Gasteiger partial charge >= 0.3 is 0 Å². The van der Waals surface area contributed by atoms with Gasteiger partial charge in [0.1, 0.15) is 5.65 Å². The minimum absolute atomic E-state index is 0.897. The Morgan fingerprint density at radius 2 is 0.518 bits per heavy atom. The van der Waals surface area contributed by atoms with E-state index in [2.05, 4.69) is 328 Å². The van der Waals surface area contributed by atoms with Crippen molar-refractivity contribution in [2.24, 2.45) is 0 Å². The average molecular weight is 1090 g/mol. The first-order valence-corrected chi connectivity index (χ1v) is 28.7. The van der Waals surface area contributed by atoms with E-state index in [-0.39, 0.29) is 0 Å². The molecule has 0 spiro atoms. The summed E-state index contributed by atoms with van der Waals surface area (Å²) in [6.45, 7) is 12.7. The summed E-state index contributed by atoms with van der Waals surface area (Å²) in [7, 11) is 0. The number of allylic oxidation sites excluding steroid dienone is 2. The van der Waals surface area contributed by atoms with Gasteiger partial charge < -0.3 is 22.7 Å². The van der Waals surface area contributed by atoms with Crippen LogP contribution in [0.25, 0.3) is 149 Å². The number of hydrogen-bond acceptors (Lipinski definition) is 1. The van der Waals surface area contributed by atoms with Gasteiger partial charge in [-0.2, -0.15) is 0 Å². The van der Waals surface area contributed by atoms with Gasteiger partial charge in [-0.15, -0.1) is 13.2 Å². The van der Waals surface area contributed by atoms with E-state index in [1.165, 1.54) is 43.1 Å². The third-order valence-corrected chi connectivity index (χ3v) is 16.6. The molecule has 6 nitrogen and oxygen atoms in total. The lowest BCUT2D eigenvalue weighted by molar-refractivity contribution is 1.13. The second-order valence-corrected chi connectivity index (χ2v) is 21.3. The van der Waals surface area contributed by atoms with Gasteiger partial charge in [0.05, 0.1) is 49.8 Å². The van der Waals surface area contributed by atoms with Crippen molar-refractivity contribution in [3.05, 3.63) is 318 Å². The first-order valence-electron chi connectivity index (χ1n) is 28.7. The van der Waals surface area contributed by atoms with Crippen molar-refractivity contribution in [2.45, 2.75) is 0 Å². The maximum absolute atomic E-state index is 5.31. The molecule has 0 radical (unpaired) electrons. The van der Waals surface area contributed by atoms with Crippen LogP contribution in [0.4, 0.5) is 0 Å². The van der Waals surface area contributed by atoms with Gasteiger partial charge in [-0.1, -0.05) is 177 Å². The molecule has 0 aliphatic heterocycles. The van der Waals surface area contributed by atoms with Crippen molar-refractivity contribution in [3.8, 4) is 56.3 Å². The molecule has 0 saturated carbocycles. The lowest BCUT2D eigenvalue weighted by Gasteiger charge is -2.18. The number of para-hydroxylation sites is 8. The predicted octanol–water partition coefficient (Wildman–Crippen LogP) is 20.9. The number of imidazole rings is 1. The number of benzene rings is 11. The Morgan fingerprint density at radius 3 is 0.788 bits per heavy atom. The van der Waals surface area contributed by atoms with Gasteiger partial charge in [0.2, 0.25) is 0 Å². The van der Waals surface area contributed by atoms with Crippen molar-refractivity contribution in [3.63, 3.8) is 0 Å². The number of hydrogen-bond donors (Lipinski definition) is 0. The SMILES string of the molecule is C=C.C=CC=C.c1ccc2c(c1)c1ccccc1n2-c1cc(-c2cc(-c3cc(-n4c5ccccc5c5ccccc54)cc(-n4c5ccccc5c5ccccc54)c3)cc(-c3cn4ccccc4n3)c2)cc(-n2c3ccccc3c3ccccc32)c1. The van der Waals surface area contributed by atoms with Gasteiger partial charge in [0, 0.05) is 83.8 Å². The van der Waals surface area contributed by atoms with Crippen LogP contribution in [0.5, 0.6) is 0 Å². The van der Waals surface area contributed by atoms with E-state index >= 15 is 0 Å². The first kappa shape index (κ1) is 50.5. The topological polar surface area (TPSA) is 37.0 Å². The third-order valence-electron chi connectivity index (χ3n) is 16.6. The van der Waals surface area contributed by atoms with E-state index in [9.17, 15) is 0 Å². The smallest absolute Gasteiger partial charge is 0.137 e. The normalized spacial score (nSPS) is 11.5. The second-order valence-electron chi connectivity index (χ2n) is 21.3. The monoisotopic (exact) mass is 1090 g/mol. The second kappa shape index (κ2) is 20.8. The summed E-state index contributed by atoms with van der Waals surface area (Å²) in [5, 5.41) is 9.78. The molecule has 6 heteroatoms. The highest BCUT2D eigenvalue weighted by Crippen LogP contribution is 2.43. The highest BCUT2D eigenvalue weighted by molar-refractivity contribution is 6.13. The van der Waals surface area contributed by atoms with Crippen molar-refractivity contribution in [1.82, 2.24) is 27.7 Å². The fourth-order valence-corrected chi connectivity index (χ4v) is 13.0. The number of rotatable bonds is 8. The molecule has 0 aliphatic carbocycles. The zero-order chi connectivity index (χ0) is 57.1. The number of aromatic nitrogens is 6. The molecular formula is C79H56N6. The highest BCUT2D eigenvalue weighted by atomic mass is 15.0. The summed E-state index contributed by atoms with van der Waals surface area (Å²) < 4.78 is 11.9. The van der Waals surface area contributed by atoms with Crippen molar-refractivity contribution < 1.29 is 0 Å². The van der Waals surface area contributed by atoms with E-state index in [4.69, 9.17) is 4.98 Å². The summed E-state index contributed by atoms with van der Waals surface area (Å²) in [6.07, 6.45) is 7.52. The van der Waals surface area contributed by atoms with Gasteiger partial charge in [0.15, 0.2) is 0 Å². The maximum atomic E-state index is 5.31. The third kappa shape index (κ3) is 8.30. The van der Waals surface area contributed by atoms with Gasteiger partial charge in [-0.3, -0.25) is 0 Å². The quantitative estimate of drug-likeness (QED) is 0.110. The molecule has 17 rings (SSSR count). The molecule has 85 heavy (non-hydrogen) atoms. The Balaban J connectivity index is 0.000000983. The number of nitrogens with zero attached hydrogens (tertiary/aromatic N) is 6. The minimum Gasteiger partial charge on any atom is -0.309 e. The molecule has 0 bridgehead atoms. The zero-order valence-corrected chi connectivity index (χ0v) is 46.7. The van der Waals surface area contributed by atoms with Crippen LogP contribution in [0.15, 0.2) is 318 Å². The Labute approximate surface area is 491 Å². The number of pyridine rings is 1. The standard InChI is InChI=1S/C73H46N6.C4H6.C2H4/c1-9-27-65-56(19-1)57-20-2-10-28-66(57)76(65)52-40-49(41-53(44-52)77-67-29-11-3-21-58(67)59-22-4-12-30-68(59)77)47-37-48(39-51(38-47)64-46-75-36-18-17-35-73(75)74-64)50-42-54(78-69-31-13-5-23-60(69)61-24-6-14-32-70(61)78)45-55(43-50)79-71-33-15-7-25-62(71)63-26-8-16-34-72(63)79;1-3-4-2;1-2/h1-46H;3-4H,1-2H2;1-2H2. The van der Waals surface area contributed by atoms with E-state index in [1.807, 2.05) is 0 Å². The maximum Gasteiger partial charge on any atom is 0.137 e. The summed E-state index contributed by atoms with van der Waals surface area (Å²) >= 11 is 0. The van der Waals surface area contributed by atoms with Crippen molar-refractivity contribution in [2.75, 3.05) is 0 Å². The van der Waals surface area contributed by atoms with Crippen LogP contribution in [0.1, 0.15) is 0 Å². The van der Waals surface area contributed by atoms with E-state index in [0.717, 1.165) is 106 Å². The molecule has 0 atom stereocenters. The molecule has 0 fully saturated rings. The van der Waals surface area contributed by atoms with E-state index in [0.29, 0.717) is 0 Å². The summed E-state index contributed by atoms with van der Waals surface area (Å²) in [4.78, 5) is 5.31. The fraction of sp³-hybridized carbons (Fsp3) is 0.